The lowest BCUT2D eigenvalue weighted by atomic mass is 10.2. The lowest BCUT2D eigenvalue weighted by Gasteiger charge is -2.22. The summed E-state index contributed by atoms with van der Waals surface area (Å²) in [5.41, 5.74) is 1.81. The first-order chi connectivity index (χ1) is 16.7. The van der Waals surface area contributed by atoms with Gasteiger partial charge in [0, 0.05) is 36.3 Å². The van der Waals surface area contributed by atoms with Crippen molar-refractivity contribution in [1.82, 2.24) is 4.90 Å². The van der Waals surface area contributed by atoms with Gasteiger partial charge in [0.2, 0.25) is 0 Å². The first kappa shape index (κ1) is 24.7. The average molecular weight is 462 g/mol. The predicted octanol–water partition coefficient (Wildman–Crippen LogP) is 3.96. The third kappa shape index (κ3) is 8.18. The van der Waals surface area contributed by atoms with Gasteiger partial charge in [0.25, 0.3) is 0 Å². The number of nitrogens with zero attached hydrogens (tertiary/aromatic N) is 1. The Balaban J connectivity index is 1.49. The van der Waals surface area contributed by atoms with Crippen LogP contribution in [0.5, 0.6) is 17.2 Å². The molecule has 3 rings (SSSR count). The van der Waals surface area contributed by atoms with Crippen LogP contribution in [0.3, 0.4) is 0 Å². The van der Waals surface area contributed by atoms with Crippen molar-refractivity contribution in [2.24, 2.45) is 0 Å². The molecular formula is C27H27NO6. The molecule has 0 spiro atoms. The molecule has 0 unspecified atom stereocenters. The molecule has 3 aromatic rings. The van der Waals surface area contributed by atoms with E-state index in [1.165, 1.54) is 0 Å². The molecule has 0 radical (unpaired) electrons. The summed E-state index contributed by atoms with van der Waals surface area (Å²) >= 11 is 0. The Morgan fingerprint density at radius 3 is 0.971 bits per heavy atom. The van der Waals surface area contributed by atoms with E-state index in [4.69, 9.17) is 14.2 Å². The van der Waals surface area contributed by atoms with Gasteiger partial charge in [-0.25, -0.2) is 0 Å². The SMILES string of the molecule is O=Cc1ccc(OCCN(CCOc2ccc(C=O)cc2)CCOc2ccc(C=O)cc2)cc1. The zero-order chi connectivity index (χ0) is 24.0. The molecule has 0 aliphatic heterocycles. The number of aldehydes is 3. The average Bonchev–Trinajstić information content (AvgIpc) is 2.89. The summed E-state index contributed by atoms with van der Waals surface area (Å²) in [6, 6.07) is 20.9. The molecule has 7 nitrogen and oxygen atoms in total. The number of ether oxygens (including phenoxy) is 3. The van der Waals surface area contributed by atoms with Crippen molar-refractivity contribution >= 4 is 18.9 Å². The lowest BCUT2D eigenvalue weighted by molar-refractivity contribution is 0.111. The van der Waals surface area contributed by atoms with Gasteiger partial charge in [-0.2, -0.15) is 0 Å². The second-order valence-corrected chi connectivity index (χ2v) is 7.45. The fourth-order valence-electron chi connectivity index (χ4n) is 3.14. The van der Waals surface area contributed by atoms with Gasteiger partial charge in [-0.05, 0) is 72.8 Å². The largest absolute Gasteiger partial charge is 0.492 e. The van der Waals surface area contributed by atoms with Crippen LogP contribution in [0.2, 0.25) is 0 Å². The maximum Gasteiger partial charge on any atom is 0.150 e. The number of carbonyl (C=O) groups is 3. The van der Waals surface area contributed by atoms with Gasteiger partial charge >= 0.3 is 0 Å². The molecule has 0 amide bonds. The Hall–Kier alpha value is -3.97. The minimum Gasteiger partial charge on any atom is -0.492 e. The normalized spacial score (nSPS) is 10.5. The molecule has 0 aromatic heterocycles. The van der Waals surface area contributed by atoms with Gasteiger partial charge in [-0.3, -0.25) is 19.3 Å². The van der Waals surface area contributed by atoms with Gasteiger partial charge in [0.1, 0.15) is 55.9 Å². The Morgan fingerprint density at radius 1 is 0.471 bits per heavy atom. The Labute approximate surface area is 198 Å². The highest BCUT2D eigenvalue weighted by Gasteiger charge is 2.08. The van der Waals surface area contributed by atoms with Crippen molar-refractivity contribution in [2.45, 2.75) is 0 Å². The summed E-state index contributed by atoms with van der Waals surface area (Å²) in [6.45, 7) is 3.33. The number of hydrogen-bond donors (Lipinski definition) is 0. The van der Waals surface area contributed by atoms with Crippen molar-refractivity contribution < 1.29 is 28.6 Å². The van der Waals surface area contributed by atoms with Crippen LogP contribution in [0, 0.1) is 0 Å². The van der Waals surface area contributed by atoms with Crippen LogP contribution >= 0.6 is 0 Å². The molecule has 0 bridgehead atoms. The van der Waals surface area contributed by atoms with Crippen molar-refractivity contribution in [1.29, 1.82) is 0 Å². The third-order valence-corrected chi connectivity index (χ3v) is 5.08. The molecule has 176 valence electrons. The summed E-state index contributed by atoms with van der Waals surface area (Å²) < 4.78 is 17.4. The second-order valence-electron chi connectivity index (χ2n) is 7.45. The number of benzene rings is 3. The Kier molecular flexibility index (Phi) is 9.83. The first-order valence-electron chi connectivity index (χ1n) is 11.0. The van der Waals surface area contributed by atoms with Crippen LogP contribution in [-0.2, 0) is 0 Å². The summed E-state index contributed by atoms with van der Waals surface area (Å²) in [6.07, 6.45) is 2.39. The van der Waals surface area contributed by atoms with E-state index < -0.39 is 0 Å². The van der Waals surface area contributed by atoms with Crippen molar-refractivity contribution in [3.8, 4) is 17.2 Å². The van der Waals surface area contributed by atoms with Gasteiger partial charge < -0.3 is 14.2 Å². The van der Waals surface area contributed by atoms with E-state index in [0.717, 1.165) is 18.9 Å². The van der Waals surface area contributed by atoms with Crippen LogP contribution in [0.25, 0.3) is 0 Å². The highest BCUT2D eigenvalue weighted by molar-refractivity contribution is 5.75. The van der Waals surface area contributed by atoms with E-state index in [1.54, 1.807) is 72.8 Å². The minimum absolute atomic E-state index is 0.461. The fourth-order valence-corrected chi connectivity index (χ4v) is 3.14. The number of carbonyl (C=O) groups excluding carboxylic acids is 3. The van der Waals surface area contributed by atoms with E-state index in [-0.39, 0.29) is 0 Å². The van der Waals surface area contributed by atoms with Gasteiger partial charge in [-0.1, -0.05) is 0 Å². The van der Waals surface area contributed by atoms with Crippen LogP contribution in [-0.4, -0.2) is 63.2 Å². The summed E-state index contributed by atoms with van der Waals surface area (Å²) in [5, 5.41) is 0. The van der Waals surface area contributed by atoms with Gasteiger partial charge in [-0.15, -0.1) is 0 Å². The van der Waals surface area contributed by atoms with Crippen molar-refractivity contribution in [2.75, 3.05) is 39.5 Å². The molecule has 0 atom stereocenters. The smallest absolute Gasteiger partial charge is 0.150 e. The molecule has 34 heavy (non-hydrogen) atoms. The molecule has 0 N–H and O–H groups in total. The van der Waals surface area contributed by atoms with Crippen molar-refractivity contribution in [3.63, 3.8) is 0 Å². The molecule has 7 heteroatoms. The molecule has 0 heterocycles. The van der Waals surface area contributed by atoms with Crippen LogP contribution in [0.15, 0.2) is 72.8 Å². The maximum atomic E-state index is 10.8. The quantitative estimate of drug-likeness (QED) is 0.317. The van der Waals surface area contributed by atoms with E-state index >= 15 is 0 Å². The molecule has 0 fully saturated rings. The van der Waals surface area contributed by atoms with Gasteiger partial charge in [0.05, 0.1) is 0 Å². The maximum absolute atomic E-state index is 10.8. The van der Waals surface area contributed by atoms with Gasteiger partial charge in [0.15, 0.2) is 0 Å². The van der Waals surface area contributed by atoms with Crippen molar-refractivity contribution in [3.05, 3.63) is 89.5 Å². The molecular weight excluding hydrogens is 434 g/mol. The predicted molar refractivity (Wildman–Crippen MR) is 128 cm³/mol. The highest BCUT2D eigenvalue weighted by Crippen LogP contribution is 2.13. The molecule has 0 aliphatic carbocycles. The summed E-state index contributed by atoms with van der Waals surface area (Å²) in [4.78, 5) is 34.5. The monoisotopic (exact) mass is 461 g/mol. The summed E-state index contributed by atoms with van der Waals surface area (Å²) in [5.74, 6) is 2.09. The van der Waals surface area contributed by atoms with E-state index in [9.17, 15) is 14.4 Å². The lowest BCUT2D eigenvalue weighted by Crippen LogP contribution is -2.35. The topological polar surface area (TPSA) is 82.1 Å². The van der Waals surface area contributed by atoms with E-state index in [0.29, 0.717) is 73.4 Å². The standard InChI is InChI=1S/C27H27NO6/c29-19-22-1-7-25(8-2-22)32-16-13-28(14-17-33-26-9-3-23(20-30)4-10-26)15-18-34-27-11-5-24(21-31)6-12-27/h1-12,19-21H,13-18H2. The van der Waals surface area contributed by atoms with E-state index in [2.05, 4.69) is 4.90 Å². The molecule has 3 aromatic carbocycles. The van der Waals surface area contributed by atoms with Crippen LogP contribution in [0.4, 0.5) is 0 Å². The minimum atomic E-state index is 0.461. The number of hydrogen-bond acceptors (Lipinski definition) is 7. The summed E-state index contributed by atoms with van der Waals surface area (Å²) in [7, 11) is 0. The Morgan fingerprint density at radius 2 is 0.735 bits per heavy atom. The second kappa shape index (κ2) is 13.5. The molecule has 0 aliphatic rings. The highest BCUT2D eigenvalue weighted by atomic mass is 16.5. The Bertz CT molecular complexity index is 896. The molecule has 0 saturated heterocycles. The zero-order valence-electron chi connectivity index (χ0n) is 18.8. The van der Waals surface area contributed by atoms with Crippen LogP contribution < -0.4 is 14.2 Å². The first-order valence-corrected chi connectivity index (χ1v) is 11.0. The third-order valence-electron chi connectivity index (χ3n) is 5.08. The fraction of sp³-hybridized carbons (Fsp3) is 0.222. The zero-order valence-corrected chi connectivity index (χ0v) is 18.8. The van der Waals surface area contributed by atoms with E-state index in [1.807, 2.05) is 0 Å². The number of rotatable bonds is 15. The van der Waals surface area contributed by atoms with Crippen LogP contribution in [0.1, 0.15) is 31.1 Å². The molecule has 0 saturated carbocycles.